The Labute approximate surface area is 192 Å². The first-order chi connectivity index (χ1) is 14.7. The Kier molecular flexibility index (Phi) is 8.79. The molecule has 8 heteroatoms. The van der Waals surface area contributed by atoms with Crippen molar-refractivity contribution in [3.63, 3.8) is 0 Å². The molecule has 2 heterocycles. The molecular weight excluding hydrogens is 434 g/mol. The maximum atomic E-state index is 12.7. The van der Waals surface area contributed by atoms with Crippen LogP contribution < -0.4 is 5.32 Å². The molecule has 2 fully saturated rings. The molecular formula is C23H36ClN3O3S. The van der Waals surface area contributed by atoms with Crippen LogP contribution in [0.3, 0.4) is 0 Å². The van der Waals surface area contributed by atoms with E-state index in [-0.39, 0.29) is 17.6 Å². The Morgan fingerprint density at radius 1 is 1.16 bits per heavy atom. The Balaban J connectivity index is 1.37. The summed E-state index contributed by atoms with van der Waals surface area (Å²) in [5, 5.41) is 3.60. The summed E-state index contributed by atoms with van der Waals surface area (Å²) >= 11 is 5.97. The lowest BCUT2D eigenvalue weighted by Crippen LogP contribution is -2.44. The zero-order valence-corrected chi connectivity index (χ0v) is 20.3. The SMILES string of the molecule is C[C@H]1C[C@H](C)CN(CCCNC(=O)C2CCN(S(=O)(=O)Cc3cccc(Cl)c3)CC2)C1. The fourth-order valence-electron chi connectivity index (χ4n) is 4.96. The first-order valence-corrected chi connectivity index (χ1v) is 13.4. The van der Waals surface area contributed by atoms with Gasteiger partial charge in [0.2, 0.25) is 15.9 Å². The number of sulfonamides is 1. The van der Waals surface area contributed by atoms with Crippen molar-refractivity contribution < 1.29 is 13.2 Å². The summed E-state index contributed by atoms with van der Waals surface area (Å²) in [7, 11) is -3.41. The number of nitrogens with one attached hydrogen (secondary N) is 1. The standard InChI is InChI=1S/C23H36ClN3O3S/c1-18-13-19(2)16-26(15-18)10-4-9-25-23(28)21-7-11-27(12-8-21)31(29,30)17-20-5-3-6-22(24)14-20/h3,5-6,14,18-19,21H,4,7-13,15-17H2,1-2H3,(H,25,28)/t18-,19-/m0/s1. The average Bonchev–Trinajstić information content (AvgIpc) is 2.70. The Morgan fingerprint density at radius 3 is 2.48 bits per heavy atom. The molecule has 3 rings (SSSR count). The van der Waals surface area contributed by atoms with Gasteiger partial charge in [0.15, 0.2) is 0 Å². The van der Waals surface area contributed by atoms with Gasteiger partial charge in [0, 0.05) is 43.7 Å². The second kappa shape index (κ2) is 11.1. The molecule has 0 aromatic heterocycles. The Bertz CT molecular complexity index is 830. The summed E-state index contributed by atoms with van der Waals surface area (Å²) in [5.41, 5.74) is 0.685. The summed E-state index contributed by atoms with van der Waals surface area (Å²) in [6.07, 6.45) is 3.41. The average molecular weight is 470 g/mol. The van der Waals surface area contributed by atoms with Crippen molar-refractivity contribution in [1.29, 1.82) is 0 Å². The van der Waals surface area contributed by atoms with E-state index in [1.54, 1.807) is 24.3 Å². The third-order valence-electron chi connectivity index (χ3n) is 6.35. The molecule has 1 amide bonds. The molecule has 0 spiro atoms. The van der Waals surface area contributed by atoms with Crippen molar-refractivity contribution in [3.8, 4) is 0 Å². The number of amides is 1. The van der Waals surface area contributed by atoms with Gasteiger partial charge in [-0.3, -0.25) is 4.79 Å². The molecule has 1 N–H and O–H groups in total. The highest BCUT2D eigenvalue weighted by Gasteiger charge is 2.31. The number of nitrogens with zero attached hydrogens (tertiary/aromatic N) is 2. The quantitative estimate of drug-likeness (QED) is 0.592. The lowest BCUT2D eigenvalue weighted by atomic mass is 9.92. The summed E-state index contributed by atoms with van der Waals surface area (Å²) in [4.78, 5) is 15.0. The van der Waals surface area contributed by atoms with Crippen LogP contribution in [0.4, 0.5) is 0 Å². The normalized spacial score (nSPS) is 24.2. The number of benzene rings is 1. The molecule has 1 aromatic carbocycles. The highest BCUT2D eigenvalue weighted by atomic mass is 35.5. The summed E-state index contributed by atoms with van der Waals surface area (Å²) in [6, 6.07) is 6.95. The molecule has 2 aliphatic rings. The molecule has 1 aromatic rings. The van der Waals surface area contributed by atoms with Crippen LogP contribution >= 0.6 is 11.6 Å². The van der Waals surface area contributed by atoms with E-state index in [1.807, 2.05) is 0 Å². The molecule has 0 saturated carbocycles. The van der Waals surface area contributed by atoms with Crippen LogP contribution in [-0.4, -0.2) is 62.8 Å². The molecule has 2 saturated heterocycles. The van der Waals surface area contributed by atoms with Gasteiger partial charge < -0.3 is 10.2 Å². The first kappa shape index (κ1) is 24.5. The maximum Gasteiger partial charge on any atom is 0.223 e. The number of halogens is 1. The maximum absolute atomic E-state index is 12.7. The van der Waals surface area contributed by atoms with E-state index in [0.29, 0.717) is 43.1 Å². The van der Waals surface area contributed by atoms with Crippen LogP contribution in [0.1, 0.15) is 45.1 Å². The van der Waals surface area contributed by atoms with E-state index in [1.165, 1.54) is 10.7 Å². The van der Waals surface area contributed by atoms with E-state index >= 15 is 0 Å². The van der Waals surface area contributed by atoms with Crippen molar-refractivity contribution >= 4 is 27.5 Å². The van der Waals surface area contributed by atoms with E-state index in [9.17, 15) is 13.2 Å². The number of likely N-dealkylation sites (tertiary alicyclic amines) is 1. The van der Waals surface area contributed by atoms with Crippen LogP contribution in [-0.2, 0) is 20.6 Å². The second-order valence-corrected chi connectivity index (χ2v) is 11.8. The van der Waals surface area contributed by atoms with Crippen LogP contribution in [0.25, 0.3) is 0 Å². The van der Waals surface area contributed by atoms with E-state index < -0.39 is 10.0 Å². The van der Waals surface area contributed by atoms with Crippen LogP contribution in [0.5, 0.6) is 0 Å². The van der Waals surface area contributed by atoms with Crippen LogP contribution in [0, 0.1) is 17.8 Å². The van der Waals surface area contributed by atoms with Gasteiger partial charge in [-0.15, -0.1) is 0 Å². The highest BCUT2D eigenvalue weighted by molar-refractivity contribution is 7.88. The Hall–Kier alpha value is -1.15. The molecule has 2 aliphatic heterocycles. The summed E-state index contributed by atoms with van der Waals surface area (Å²) in [6.45, 7) is 9.43. The van der Waals surface area contributed by atoms with E-state index in [2.05, 4.69) is 24.1 Å². The largest absolute Gasteiger partial charge is 0.356 e. The van der Waals surface area contributed by atoms with Gasteiger partial charge in [0.25, 0.3) is 0 Å². The van der Waals surface area contributed by atoms with Crippen LogP contribution in [0.15, 0.2) is 24.3 Å². The first-order valence-electron chi connectivity index (χ1n) is 11.5. The molecule has 174 valence electrons. The molecule has 0 radical (unpaired) electrons. The molecule has 6 nitrogen and oxygen atoms in total. The fraction of sp³-hybridized carbons (Fsp3) is 0.696. The summed E-state index contributed by atoms with van der Waals surface area (Å²) < 4.78 is 27.0. The zero-order valence-electron chi connectivity index (χ0n) is 18.7. The van der Waals surface area contributed by atoms with Gasteiger partial charge in [-0.25, -0.2) is 12.7 Å². The van der Waals surface area contributed by atoms with Gasteiger partial charge in [-0.05, 0) is 61.8 Å². The van der Waals surface area contributed by atoms with Crippen molar-refractivity contribution in [3.05, 3.63) is 34.9 Å². The molecule has 2 atom stereocenters. The lowest BCUT2D eigenvalue weighted by molar-refractivity contribution is -0.126. The number of carbonyl (C=O) groups excluding carboxylic acids is 1. The predicted octanol–water partition coefficient (Wildman–Crippen LogP) is 3.37. The fourth-order valence-corrected chi connectivity index (χ4v) is 6.72. The zero-order chi connectivity index (χ0) is 22.4. The van der Waals surface area contributed by atoms with Gasteiger partial charge in [-0.1, -0.05) is 37.6 Å². The molecule has 31 heavy (non-hydrogen) atoms. The van der Waals surface area contributed by atoms with Gasteiger partial charge in [0.05, 0.1) is 5.75 Å². The minimum absolute atomic E-state index is 0.0574. The van der Waals surface area contributed by atoms with Crippen molar-refractivity contribution in [2.45, 2.75) is 45.3 Å². The number of hydrogen-bond acceptors (Lipinski definition) is 4. The number of piperidine rings is 2. The van der Waals surface area contributed by atoms with Gasteiger partial charge in [-0.2, -0.15) is 0 Å². The van der Waals surface area contributed by atoms with E-state index in [0.717, 1.165) is 37.9 Å². The van der Waals surface area contributed by atoms with Gasteiger partial charge >= 0.3 is 0 Å². The van der Waals surface area contributed by atoms with Crippen molar-refractivity contribution in [1.82, 2.24) is 14.5 Å². The minimum atomic E-state index is -3.41. The number of rotatable bonds is 8. The monoisotopic (exact) mass is 469 g/mol. The smallest absolute Gasteiger partial charge is 0.223 e. The van der Waals surface area contributed by atoms with E-state index in [4.69, 9.17) is 11.6 Å². The predicted molar refractivity (Wildman–Crippen MR) is 125 cm³/mol. The highest BCUT2D eigenvalue weighted by Crippen LogP contribution is 2.23. The second-order valence-electron chi connectivity index (χ2n) is 9.41. The molecule has 0 unspecified atom stereocenters. The van der Waals surface area contributed by atoms with Crippen molar-refractivity contribution in [2.24, 2.45) is 17.8 Å². The number of carbonyl (C=O) groups is 1. The lowest BCUT2D eigenvalue weighted by Gasteiger charge is -2.35. The van der Waals surface area contributed by atoms with Gasteiger partial charge in [0.1, 0.15) is 0 Å². The summed E-state index contributed by atoms with van der Waals surface area (Å²) in [5.74, 6) is 1.40. The topological polar surface area (TPSA) is 69.7 Å². The molecule has 0 aliphatic carbocycles. The van der Waals surface area contributed by atoms with Crippen molar-refractivity contribution in [2.75, 3.05) is 39.3 Å². The third-order valence-corrected chi connectivity index (χ3v) is 8.44. The number of hydrogen-bond donors (Lipinski definition) is 1. The molecule has 0 bridgehead atoms. The Morgan fingerprint density at radius 2 is 1.84 bits per heavy atom. The third kappa shape index (κ3) is 7.45. The minimum Gasteiger partial charge on any atom is -0.356 e. The van der Waals surface area contributed by atoms with Crippen LogP contribution in [0.2, 0.25) is 5.02 Å².